The molecule has 0 bridgehead atoms. The summed E-state index contributed by atoms with van der Waals surface area (Å²) in [5.74, 6) is 0.658. The van der Waals surface area contributed by atoms with E-state index in [4.69, 9.17) is 18.0 Å². The van der Waals surface area contributed by atoms with Crippen LogP contribution in [0.3, 0.4) is 0 Å². The van der Waals surface area contributed by atoms with Gasteiger partial charge in [0.1, 0.15) is 5.82 Å². The van der Waals surface area contributed by atoms with E-state index in [9.17, 15) is 8.42 Å². The minimum absolute atomic E-state index is 0.00389. The third-order valence-corrected chi connectivity index (χ3v) is 4.41. The minimum atomic E-state index is -3.69. The van der Waals surface area contributed by atoms with Gasteiger partial charge in [0.05, 0.1) is 11.0 Å². The van der Waals surface area contributed by atoms with Crippen molar-refractivity contribution in [2.45, 2.75) is 51.2 Å². The van der Waals surface area contributed by atoms with Crippen LogP contribution in [-0.4, -0.2) is 29.0 Å². The molecule has 0 amide bonds. The quantitative estimate of drug-likeness (QED) is 0.732. The maximum Gasteiger partial charge on any atom is 0.260 e. The van der Waals surface area contributed by atoms with E-state index in [1.54, 1.807) is 11.5 Å². The number of hydrogen-bond donors (Lipinski definition) is 2. The zero-order valence-corrected chi connectivity index (χ0v) is 13.0. The molecule has 19 heavy (non-hydrogen) atoms. The molecule has 0 aliphatic carbocycles. The maximum absolute atomic E-state index is 12.2. The van der Waals surface area contributed by atoms with Crippen LogP contribution in [0.2, 0.25) is 0 Å². The number of imidazole rings is 1. The molecule has 1 aromatic rings. The Morgan fingerprint density at radius 1 is 1.58 bits per heavy atom. The molecule has 0 spiro atoms. The lowest BCUT2D eigenvalue weighted by molar-refractivity contribution is 0.564. The van der Waals surface area contributed by atoms with Crippen molar-refractivity contribution in [3.63, 3.8) is 0 Å². The number of sulfonamides is 1. The normalized spacial score (nSPS) is 13.4. The van der Waals surface area contributed by atoms with E-state index in [0.29, 0.717) is 18.8 Å². The molecule has 0 aliphatic rings. The van der Waals surface area contributed by atoms with Crippen LogP contribution >= 0.6 is 12.2 Å². The Labute approximate surface area is 119 Å². The summed E-state index contributed by atoms with van der Waals surface area (Å²) in [4.78, 5) is 4.20. The van der Waals surface area contributed by atoms with Crippen LogP contribution in [0.4, 0.5) is 0 Å². The van der Waals surface area contributed by atoms with Gasteiger partial charge < -0.3 is 10.3 Å². The van der Waals surface area contributed by atoms with Crippen LogP contribution in [-0.2, 0) is 16.6 Å². The standard InChI is InChI=1S/C11H20N4O2S2/c1-4-6-9(11(12)18)14-19(16,17)10-7-15(5-2)8(3)13-10/h7,9,14H,4-6H2,1-3H3,(H2,12,18). The molecule has 0 aliphatic heterocycles. The molecule has 108 valence electrons. The van der Waals surface area contributed by atoms with Gasteiger partial charge in [-0.2, -0.15) is 4.72 Å². The molecule has 8 heteroatoms. The molecule has 1 rings (SSSR count). The second kappa shape index (κ2) is 6.44. The van der Waals surface area contributed by atoms with Crippen molar-refractivity contribution in [2.24, 2.45) is 5.73 Å². The summed E-state index contributed by atoms with van der Waals surface area (Å²) in [6.45, 7) is 6.30. The number of hydrogen-bond acceptors (Lipinski definition) is 4. The van der Waals surface area contributed by atoms with E-state index in [1.165, 1.54) is 6.20 Å². The van der Waals surface area contributed by atoms with E-state index >= 15 is 0 Å². The predicted octanol–water partition coefficient (Wildman–Crippen LogP) is 0.945. The van der Waals surface area contributed by atoms with Gasteiger partial charge in [-0.25, -0.2) is 13.4 Å². The first kappa shape index (κ1) is 16.1. The van der Waals surface area contributed by atoms with Crippen molar-refractivity contribution in [3.8, 4) is 0 Å². The Morgan fingerprint density at radius 2 is 2.21 bits per heavy atom. The van der Waals surface area contributed by atoms with Crippen molar-refractivity contribution in [1.29, 1.82) is 0 Å². The number of nitrogens with zero attached hydrogens (tertiary/aromatic N) is 2. The third kappa shape index (κ3) is 3.99. The molecule has 6 nitrogen and oxygen atoms in total. The smallest absolute Gasteiger partial charge is 0.260 e. The highest BCUT2D eigenvalue weighted by Gasteiger charge is 2.24. The topological polar surface area (TPSA) is 90.0 Å². The fourth-order valence-corrected chi connectivity index (χ4v) is 3.23. The number of nitrogens with one attached hydrogen (secondary N) is 1. The van der Waals surface area contributed by atoms with Crippen LogP contribution < -0.4 is 10.5 Å². The summed E-state index contributed by atoms with van der Waals surface area (Å²) in [7, 11) is -3.69. The van der Waals surface area contributed by atoms with Gasteiger partial charge in [-0.05, 0) is 20.3 Å². The molecule has 0 aromatic carbocycles. The minimum Gasteiger partial charge on any atom is -0.392 e. The van der Waals surface area contributed by atoms with E-state index < -0.39 is 16.1 Å². The van der Waals surface area contributed by atoms with E-state index in [2.05, 4.69) is 9.71 Å². The van der Waals surface area contributed by atoms with Crippen molar-refractivity contribution < 1.29 is 8.42 Å². The Morgan fingerprint density at radius 3 is 2.63 bits per heavy atom. The summed E-state index contributed by atoms with van der Waals surface area (Å²) < 4.78 is 28.7. The van der Waals surface area contributed by atoms with Crippen molar-refractivity contribution in [1.82, 2.24) is 14.3 Å². The van der Waals surface area contributed by atoms with Gasteiger partial charge in [-0.15, -0.1) is 0 Å². The van der Waals surface area contributed by atoms with E-state index in [1.807, 2.05) is 13.8 Å². The van der Waals surface area contributed by atoms with Gasteiger partial charge in [0, 0.05) is 12.7 Å². The molecule has 1 heterocycles. The van der Waals surface area contributed by atoms with Gasteiger partial charge in [0.2, 0.25) is 0 Å². The Balaban J connectivity index is 2.99. The Kier molecular flexibility index (Phi) is 5.45. The van der Waals surface area contributed by atoms with Crippen molar-refractivity contribution >= 4 is 27.2 Å². The second-order valence-corrected chi connectivity index (χ2v) is 6.41. The Bertz CT molecular complexity index is 551. The van der Waals surface area contributed by atoms with Gasteiger partial charge in [0.15, 0.2) is 5.03 Å². The molecule has 0 fully saturated rings. The first-order valence-corrected chi connectivity index (χ1v) is 8.06. The van der Waals surface area contributed by atoms with Gasteiger partial charge >= 0.3 is 0 Å². The zero-order valence-electron chi connectivity index (χ0n) is 11.4. The van der Waals surface area contributed by atoms with Crippen LogP contribution in [0.25, 0.3) is 0 Å². The largest absolute Gasteiger partial charge is 0.392 e. The average molecular weight is 304 g/mol. The fraction of sp³-hybridized carbons (Fsp3) is 0.636. The van der Waals surface area contributed by atoms with Gasteiger partial charge in [0.25, 0.3) is 10.0 Å². The highest BCUT2D eigenvalue weighted by molar-refractivity contribution is 7.89. The third-order valence-electron chi connectivity index (χ3n) is 2.79. The van der Waals surface area contributed by atoms with Crippen molar-refractivity contribution in [3.05, 3.63) is 12.0 Å². The summed E-state index contributed by atoms with van der Waals surface area (Å²) in [6.07, 6.45) is 2.87. The molecule has 0 saturated heterocycles. The molecular weight excluding hydrogens is 284 g/mol. The molecular formula is C11H20N4O2S2. The molecule has 0 saturated carbocycles. The van der Waals surface area contributed by atoms with Crippen LogP contribution in [0.1, 0.15) is 32.5 Å². The van der Waals surface area contributed by atoms with Crippen LogP contribution in [0.15, 0.2) is 11.2 Å². The maximum atomic E-state index is 12.2. The van der Waals surface area contributed by atoms with Crippen LogP contribution in [0.5, 0.6) is 0 Å². The first-order chi connectivity index (χ1) is 8.81. The lowest BCUT2D eigenvalue weighted by Crippen LogP contribution is -2.43. The number of aryl methyl sites for hydroxylation is 2. The average Bonchev–Trinajstić information content (AvgIpc) is 2.70. The molecule has 3 N–H and O–H groups in total. The summed E-state index contributed by atoms with van der Waals surface area (Å²) >= 11 is 4.88. The van der Waals surface area contributed by atoms with Gasteiger partial charge in [-0.3, -0.25) is 0 Å². The lowest BCUT2D eigenvalue weighted by atomic mass is 10.2. The molecule has 0 radical (unpaired) electrons. The SMILES string of the molecule is CCCC(NS(=O)(=O)c1cn(CC)c(C)n1)C(N)=S. The van der Waals surface area contributed by atoms with E-state index in [0.717, 1.165) is 6.42 Å². The molecule has 1 unspecified atom stereocenters. The number of nitrogens with two attached hydrogens (primary N) is 1. The Hall–Kier alpha value is -0.990. The number of aromatic nitrogens is 2. The molecule has 1 atom stereocenters. The molecule has 1 aromatic heterocycles. The highest BCUT2D eigenvalue weighted by atomic mass is 32.2. The van der Waals surface area contributed by atoms with Gasteiger partial charge in [-0.1, -0.05) is 25.6 Å². The zero-order chi connectivity index (χ0) is 14.6. The number of rotatable bonds is 7. The summed E-state index contributed by atoms with van der Waals surface area (Å²) in [5.41, 5.74) is 5.55. The lowest BCUT2D eigenvalue weighted by Gasteiger charge is -2.15. The fourth-order valence-electron chi connectivity index (χ4n) is 1.72. The second-order valence-electron chi connectivity index (χ2n) is 4.28. The van der Waals surface area contributed by atoms with Crippen molar-refractivity contribution in [2.75, 3.05) is 0 Å². The summed E-state index contributed by atoms with van der Waals surface area (Å²) in [5, 5.41) is 0.00389. The number of thiocarbonyl (C=S) groups is 1. The monoisotopic (exact) mass is 304 g/mol. The summed E-state index contributed by atoms with van der Waals surface area (Å²) in [6, 6.07) is -0.530. The first-order valence-electron chi connectivity index (χ1n) is 6.17. The highest BCUT2D eigenvalue weighted by Crippen LogP contribution is 2.11. The van der Waals surface area contributed by atoms with Crippen LogP contribution in [0, 0.1) is 6.92 Å². The predicted molar refractivity (Wildman–Crippen MR) is 78.4 cm³/mol. The van der Waals surface area contributed by atoms with E-state index in [-0.39, 0.29) is 10.0 Å².